The molecule has 1 atom stereocenters. The molecule has 3 N–H and O–H groups in total. The molecule has 0 fully saturated rings. The monoisotopic (exact) mass is 374 g/mol. The second-order valence-electron chi connectivity index (χ2n) is 6.17. The number of nitrogens with two attached hydrogens (primary N) is 1. The van der Waals surface area contributed by atoms with Crippen molar-refractivity contribution < 1.29 is 13.9 Å². The van der Waals surface area contributed by atoms with Gasteiger partial charge in [-0.15, -0.1) is 0 Å². The zero-order chi connectivity index (χ0) is 17.9. The van der Waals surface area contributed by atoms with Crippen LogP contribution >= 0.6 is 19.0 Å². The summed E-state index contributed by atoms with van der Waals surface area (Å²) in [6.45, 7) is 3.96. The topological polar surface area (TPSA) is 85.2 Å². The first-order valence-electron chi connectivity index (χ1n) is 7.90. The summed E-state index contributed by atoms with van der Waals surface area (Å²) in [5, 5.41) is 2.01. The van der Waals surface area contributed by atoms with Crippen molar-refractivity contribution in [2.24, 2.45) is 5.73 Å². The Morgan fingerprint density at radius 3 is 2.76 bits per heavy atom. The molecular formula is C18H16ClN2O3P. The van der Waals surface area contributed by atoms with Gasteiger partial charge in [-0.1, -0.05) is 24.6 Å². The smallest absolute Gasteiger partial charge is 0.313 e. The van der Waals surface area contributed by atoms with Crippen molar-refractivity contribution in [3.05, 3.63) is 52.2 Å². The number of carbonyl (C=O) groups excluding carboxylic acids is 1. The molecule has 0 aliphatic carbocycles. The zero-order valence-corrected chi connectivity index (χ0v) is 15.4. The number of aromatic amines is 1. The number of aromatic nitrogens is 1. The van der Waals surface area contributed by atoms with E-state index in [0.29, 0.717) is 32.3 Å². The van der Waals surface area contributed by atoms with Crippen molar-refractivity contribution >= 4 is 46.4 Å². The van der Waals surface area contributed by atoms with Crippen molar-refractivity contribution in [1.82, 2.24) is 4.98 Å². The molecule has 1 unspecified atom stereocenters. The van der Waals surface area contributed by atoms with Crippen molar-refractivity contribution in [3.63, 3.8) is 0 Å². The predicted molar refractivity (Wildman–Crippen MR) is 99.9 cm³/mol. The van der Waals surface area contributed by atoms with Gasteiger partial charge in [0.15, 0.2) is 0 Å². The maximum absolute atomic E-state index is 13.7. The maximum Gasteiger partial charge on any atom is 0.313 e. The highest BCUT2D eigenvalue weighted by Gasteiger charge is 2.47. The largest absolute Gasteiger partial charge is 0.435 e. The summed E-state index contributed by atoms with van der Waals surface area (Å²) in [7, 11) is -3.40. The molecule has 0 saturated heterocycles. The molecule has 128 valence electrons. The second kappa shape index (κ2) is 5.38. The molecule has 3 aromatic rings. The summed E-state index contributed by atoms with van der Waals surface area (Å²) in [5.41, 5.74) is 8.26. The summed E-state index contributed by atoms with van der Waals surface area (Å²) in [4.78, 5) is 14.9. The van der Waals surface area contributed by atoms with Crippen molar-refractivity contribution in [1.29, 1.82) is 0 Å². The van der Waals surface area contributed by atoms with Gasteiger partial charge < -0.3 is 15.2 Å². The summed E-state index contributed by atoms with van der Waals surface area (Å²) in [6.07, 6.45) is 0.770. The van der Waals surface area contributed by atoms with Gasteiger partial charge in [0.1, 0.15) is 11.4 Å². The molecular weight excluding hydrogens is 359 g/mol. The molecule has 7 heteroatoms. The first kappa shape index (κ1) is 16.2. The van der Waals surface area contributed by atoms with Crippen LogP contribution in [0.1, 0.15) is 28.5 Å². The predicted octanol–water partition coefficient (Wildman–Crippen LogP) is 3.41. The van der Waals surface area contributed by atoms with Gasteiger partial charge in [0.2, 0.25) is 0 Å². The summed E-state index contributed by atoms with van der Waals surface area (Å²) >= 11 is 6.10. The number of amides is 1. The van der Waals surface area contributed by atoms with Crippen LogP contribution in [0.2, 0.25) is 5.02 Å². The van der Waals surface area contributed by atoms with Gasteiger partial charge >= 0.3 is 7.37 Å². The minimum Gasteiger partial charge on any atom is -0.435 e. The molecule has 1 aliphatic rings. The number of fused-ring (bicyclic) bond motifs is 2. The van der Waals surface area contributed by atoms with E-state index in [0.717, 1.165) is 17.5 Å². The van der Waals surface area contributed by atoms with Gasteiger partial charge in [0.05, 0.1) is 10.6 Å². The van der Waals surface area contributed by atoms with Gasteiger partial charge in [-0.05, 0) is 48.7 Å². The number of hydrogen-bond acceptors (Lipinski definition) is 3. The molecule has 0 spiro atoms. The summed E-state index contributed by atoms with van der Waals surface area (Å²) in [5.74, 6) is -0.0406. The van der Waals surface area contributed by atoms with E-state index in [4.69, 9.17) is 21.9 Å². The van der Waals surface area contributed by atoms with Gasteiger partial charge in [0, 0.05) is 15.9 Å². The average molecular weight is 375 g/mol. The zero-order valence-electron chi connectivity index (χ0n) is 13.7. The van der Waals surface area contributed by atoms with Gasteiger partial charge in [-0.2, -0.15) is 0 Å². The van der Waals surface area contributed by atoms with E-state index in [1.165, 1.54) is 0 Å². The van der Waals surface area contributed by atoms with Crippen LogP contribution in [0.3, 0.4) is 0 Å². The fourth-order valence-electron chi connectivity index (χ4n) is 3.35. The van der Waals surface area contributed by atoms with E-state index in [-0.39, 0.29) is 5.69 Å². The molecule has 25 heavy (non-hydrogen) atoms. The Bertz CT molecular complexity index is 1100. The van der Waals surface area contributed by atoms with E-state index in [1.807, 2.05) is 26.0 Å². The summed E-state index contributed by atoms with van der Waals surface area (Å²) in [6, 6.07) is 8.97. The highest BCUT2D eigenvalue weighted by Crippen LogP contribution is 2.58. The molecule has 5 nitrogen and oxygen atoms in total. The van der Waals surface area contributed by atoms with E-state index in [2.05, 4.69) is 4.98 Å². The van der Waals surface area contributed by atoms with Crippen LogP contribution in [0.25, 0.3) is 10.9 Å². The highest BCUT2D eigenvalue weighted by atomic mass is 35.5. The summed E-state index contributed by atoms with van der Waals surface area (Å²) < 4.78 is 19.5. The van der Waals surface area contributed by atoms with Crippen molar-refractivity contribution in [2.75, 3.05) is 0 Å². The van der Waals surface area contributed by atoms with Crippen LogP contribution in [0, 0.1) is 6.92 Å². The molecule has 1 amide bonds. The Labute approximate surface area is 149 Å². The fraction of sp³-hybridized carbons (Fsp3) is 0.167. The number of benzene rings is 2. The van der Waals surface area contributed by atoms with E-state index in [9.17, 15) is 9.36 Å². The number of carbonyl (C=O) groups is 1. The molecule has 4 rings (SSSR count). The molecule has 1 aromatic heterocycles. The lowest BCUT2D eigenvalue weighted by Crippen LogP contribution is -2.35. The molecule has 0 radical (unpaired) electrons. The van der Waals surface area contributed by atoms with Crippen LogP contribution in [-0.2, 0) is 11.0 Å². The molecule has 0 saturated carbocycles. The lowest BCUT2D eigenvalue weighted by atomic mass is 10.1. The maximum atomic E-state index is 13.7. The number of hydrogen-bond donors (Lipinski definition) is 2. The minimum absolute atomic E-state index is 0.103. The van der Waals surface area contributed by atoms with Crippen molar-refractivity contribution in [3.8, 4) is 5.75 Å². The van der Waals surface area contributed by atoms with E-state index < -0.39 is 13.3 Å². The number of primary amides is 1. The first-order valence-corrected chi connectivity index (χ1v) is 9.90. The Hall–Kier alpha value is -2.23. The third-order valence-corrected chi connectivity index (χ3v) is 7.18. The van der Waals surface area contributed by atoms with Gasteiger partial charge in [0.25, 0.3) is 5.91 Å². The lowest BCUT2D eigenvalue weighted by Gasteiger charge is -2.33. The molecule has 2 aromatic carbocycles. The molecule has 1 aliphatic heterocycles. The average Bonchev–Trinajstić information content (AvgIpc) is 2.94. The van der Waals surface area contributed by atoms with E-state index in [1.54, 1.807) is 18.2 Å². The highest BCUT2D eigenvalue weighted by molar-refractivity contribution is 7.77. The number of nitrogens with one attached hydrogen (secondary N) is 1. The first-order chi connectivity index (χ1) is 11.8. The third kappa shape index (κ3) is 2.23. The second-order valence-corrected chi connectivity index (χ2v) is 8.82. The fourth-order valence-corrected chi connectivity index (χ4v) is 6.09. The SMILES string of the molecule is CCc1cc(C)cc2c1OP2(=O)c1c(C(N)=O)[nH]c2ccc(Cl)cc12. The van der Waals surface area contributed by atoms with Crippen LogP contribution in [0.15, 0.2) is 30.3 Å². The van der Waals surface area contributed by atoms with Gasteiger partial charge in [-0.25, -0.2) is 0 Å². The number of H-pyrrole nitrogens is 1. The minimum atomic E-state index is -3.40. The Morgan fingerprint density at radius 1 is 1.32 bits per heavy atom. The third-order valence-electron chi connectivity index (χ3n) is 4.48. The standard InChI is InChI=1S/C18H16ClN2O3P/c1-3-10-6-9(2)7-14-16(10)24-25(14,23)17-12-8-11(19)4-5-13(12)21-15(17)18(20)22/h4-8,21H,3H2,1-2H3,(H2,20,22). The Balaban J connectivity index is 2.04. The Kier molecular flexibility index (Phi) is 3.50. The lowest BCUT2D eigenvalue weighted by molar-refractivity contribution is 0.0997. The van der Waals surface area contributed by atoms with Crippen LogP contribution in [0.5, 0.6) is 5.75 Å². The number of halogens is 1. The Morgan fingerprint density at radius 2 is 2.08 bits per heavy atom. The number of aryl methyl sites for hydroxylation is 2. The van der Waals surface area contributed by atoms with Crippen LogP contribution in [0.4, 0.5) is 0 Å². The van der Waals surface area contributed by atoms with Gasteiger partial charge in [-0.3, -0.25) is 9.36 Å². The quantitative estimate of drug-likeness (QED) is 0.689. The molecule has 2 heterocycles. The normalized spacial score (nSPS) is 18.5. The number of rotatable bonds is 3. The van der Waals surface area contributed by atoms with E-state index >= 15 is 0 Å². The van der Waals surface area contributed by atoms with Crippen LogP contribution in [-0.4, -0.2) is 10.9 Å². The van der Waals surface area contributed by atoms with Crippen molar-refractivity contribution in [2.45, 2.75) is 20.3 Å². The molecule has 0 bridgehead atoms. The van der Waals surface area contributed by atoms with Crippen LogP contribution < -0.4 is 20.9 Å².